The highest BCUT2D eigenvalue weighted by Gasteiger charge is 2.87. The molecule has 4 fully saturated rings. The van der Waals surface area contributed by atoms with Crippen LogP contribution in [0.4, 0.5) is 4.39 Å². The molecule has 3 saturated carbocycles. The number of halogens is 1. The average Bonchev–Trinajstić information content (AvgIpc) is 3.24. The molecule has 1 saturated heterocycles. The predicted molar refractivity (Wildman–Crippen MR) is 93.4 cm³/mol. The predicted octanol–water partition coefficient (Wildman–Crippen LogP) is 1.67. The van der Waals surface area contributed by atoms with E-state index in [0.29, 0.717) is 19.3 Å². The molecule has 8 atom stereocenters. The summed E-state index contributed by atoms with van der Waals surface area (Å²) in [5.41, 5.74) is -4.14. The summed E-state index contributed by atoms with van der Waals surface area (Å²) in [5, 5.41) is 20.5. The Morgan fingerprint density at radius 2 is 2.15 bits per heavy atom. The van der Waals surface area contributed by atoms with E-state index in [-0.39, 0.29) is 29.8 Å². The van der Waals surface area contributed by atoms with E-state index in [1.54, 1.807) is 13.0 Å². The Labute approximate surface area is 157 Å². The van der Waals surface area contributed by atoms with Crippen LogP contribution in [0.2, 0.25) is 0 Å². The summed E-state index contributed by atoms with van der Waals surface area (Å²) in [4.78, 5) is 24.3. The number of alkyl halides is 1. The van der Waals surface area contributed by atoms with E-state index in [1.807, 2.05) is 6.92 Å². The second kappa shape index (κ2) is 4.97. The Kier molecular flexibility index (Phi) is 3.26. The molecule has 0 aromatic heterocycles. The second-order valence-corrected chi connectivity index (χ2v) is 9.29. The van der Waals surface area contributed by atoms with Crippen molar-refractivity contribution < 1.29 is 28.9 Å². The van der Waals surface area contributed by atoms with Gasteiger partial charge in [-0.1, -0.05) is 18.6 Å². The molecule has 1 spiro atoms. The molecule has 0 radical (unpaired) electrons. The largest absolute Gasteiger partial charge is 0.390 e. The van der Waals surface area contributed by atoms with Gasteiger partial charge in [-0.15, -0.1) is 0 Å². The number of epoxide rings is 1. The standard InChI is InChI=1S/C21H25FO5/c1-11-7-15-14-4-3-12-8-13(24)5-6-18(12,2)20(14,22)16(25)9-19(15)21(11,27-19)17(26)10-23/h5-6,8,11,14-16,23,25H,3-4,7,9-10H2,1-2H3/t11-,14+,15+,16+,18+,19-,20+,21+/m1/s1. The van der Waals surface area contributed by atoms with Crippen molar-refractivity contribution in [2.45, 2.75) is 62.5 Å². The molecule has 1 heterocycles. The first kappa shape index (κ1) is 17.7. The zero-order valence-electron chi connectivity index (χ0n) is 15.6. The second-order valence-electron chi connectivity index (χ2n) is 9.29. The van der Waals surface area contributed by atoms with Gasteiger partial charge in [0.1, 0.15) is 12.2 Å². The number of allylic oxidation sites excluding steroid dienone is 4. The SMILES string of the molecule is C[C@@H]1C[C@H]2[C@@H]3CCC4=CC(=O)C=C[C@]4(C)[C@@]3(F)[C@@H](O)C[C@@]23O[C@]13C(=O)CO. The summed E-state index contributed by atoms with van der Waals surface area (Å²) in [7, 11) is 0. The number of fused-ring (bicyclic) bond motifs is 4. The molecule has 2 N–H and O–H groups in total. The quantitative estimate of drug-likeness (QED) is 0.716. The highest BCUT2D eigenvalue weighted by molar-refractivity contribution is 6.01. The van der Waals surface area contributed by atoms with E-state index < -0.39 is 40.9 Å². The molecule has 6 heteroatoms. The van der Waals surface area contributed by atoms with Crippen LogP contribution in [0.25, 0.3) is 0 Å². The minimum absolute atomic E-state index is 0.0470. The fraction of sp³-hybridized carbons (Fsp3) is 0.714. The van der Waals surface area contributed by atoms with Gasteiger partial charge in [0.15, 0.2) is 22.8 Å². The lowest BCUT2D eigenvalue weighted by Gasteiger charge is -2.59. The summed E-state index contributed by atoms with van der Waals surface area (Å²) >= 11 is 0. The molecule has 27 heavy (non-hydrogen) atoms. The number of carbonyl (C=O) groups is 2. The van der Waals surface area contributed by atoms with Crippen LogP contribution in [0.1, 0.15) is 39.5 Å². The van der Waals surface area contributed by atoms with Crippen LogP contribution in [0.5, 0.6) is 0 Å². The van der Waals surface area contributed by atoms with Gasteiger partial charge in [-0.25, -0.2) is 4.39 Å². The molecule has 4 aliphatic carbocycles. The molecular formula is C21H25FO5. The zero-order valence-corrected chi connectivity index (χ0v) is 15.6. The monoisotopic (exact) mass is 376 g/mol. The van der Waals surface area contributed by atoms with Crippen LogP contribution in [-0.2, 0) is 14.3 Å². The number of hydrogen-bond donors (Lipinski definition) is 2. The van der Waals surface area contributed by atoms with Crippen LogP contribution in [0.3, 0.4) is 0 Å². The lowest BCUT2D eigenvalue weighted by Crippen LogP contribution is -2.66. The van der Waals surface area contributed by atoms with E-state index in [0.717, 1.165) is 5.57 Å². The van der Waals surface area contributed by atoms with Crippen molar-refractivity contribution in [2.24, 2.45) is 23.2 Å². The first-order valence-corrected chi connectivity index (χ1v) is 9.83. The van der Waals surface area contributed by atoms with E-state index in [9.17, 15) is 19.8 Å². The van der Waals surface area contributed by atoms with E-state index in [2.05, 4.69) is 0 Å². The smallest absolute Gasteiger partial charge is 0.193 e. The van der Waals surface area contributed by atoms with Gasteiger partial charge in [-0.05, 0) is 50.2 Å². The van der Waals surface area contributed by atoms with Crippen molar-refractivity contribution in [1.82, 2.24) is 0 Å². The fourth-order valence-corrected chi connectivity index (χ4v) is 7.25. The van der Waals surface area contributed by atoms with Gasteiger partial charge in [0.05, 0.1) is 6.10 Å². The summed E-state index contributed by atoms with van der Waals surface area (Å²) < 4.78 is 22.8. The van der Waals surface area contributed by atoms with Gasteiger partial charge < -0.3 is 14.9 Å². The van der Waals surface area contributed by atoms with Crippen molar-refractivity contribution in [1.29, 1.82) is 0 Å². The Bertz CT molecular complexity index is 819. The molecule has 0 bridgehead atoms. The van der Waals surface area contributed by atoms with Gasteiger partial charge in [0.2, 0.25) is 0 Å². The van der Waals surface area contributed by atoms with Gasteiger partial charge >= 0.3 is 0 Å². The highest BCUT2D eigenvalue weighted by atomic mass is 19.1. The van der Waals surface area contributed by atoms with Crippen molar-refractivity contribution >= 4 is 11.6 Å². The van der Waals surface area contributed by atoms with E-state index in [4.69, 9.17) is 4.74 Å². The van der Waals surface area contributed by atoms with Crippen LogP contribution in [0, 0.1) is 23.2 Å². The average molecular weight is 376 g/mol. The number of aliphatic hydroxyl groups is 2. The van der Waals surface area contributed by atoms with E-state index >= 15 is 4.39 Å². The molecule has 0 aromatic carbocycles. The summed E-state index contributed by atoms with van der Waals surface area (Å²) in [6, 6.07) is 0. The minimum Gasteiger partial charge on any atom is -0.390 e. The highest BCUT2D eigenvalue weighted by Crippen LogP contribution is 2.76. The number of aliphatic hydroxyl groups excluding tert-OH is 2. The topological polar surface area (TPSA) is 87.1 Å². The van der Waals surface area contributed by atoms with Crippen molar-refractivity contribution in [2.75, 3.05) is 6.61 Å². The zero-order chi connectivity index (χ0) is 19.4. The first-order valence-electron chi connectivity index (χ1n) is 9.83. The van der Waals surface area contributed by atoms with Crippen molar-refractivity contribution in [3.05, 3.63) is 23.8 Å². The van der Waals surface area contributed by atoms with Gasteiger partial charge in [-0.3, -0.25) is 9.59 Å². The van der Waals surface area contributed by atoms with Gasteiger partial charge in [0.25, 0.3) is 0 Å². The van der Waals surface area contributed by atoms with Gasteiger partial charge in [0, 0.05) is 17.8 Å². The summed E-state index contributed by atoms with van der Waals surface area (Å²) in [6.07, 6.45) is 5.03. The number of rotatable bonds is 2. The first-order chi connectivity index (χ1) is 12.7. The van der Waals surface area contributed by atoms with E-state index in [1.165, 1.54) is 12.2 Å². The maximum absolute atomic E-state index is 16.8. The fourth-order valence-electron chi connectivity index (χ4n) is 7.25. The summed E-state index contributed by atoms with van der Waals surface area (Å²) in [6.45, 7) is 3.09. The van der Waals surface area contributed by atoms with Crippen LogP contribution in [0.15, 0.2) is 23.8 Å². The number of hydrogen-bond acceptors (Lipinski definition) is 5. The number of ether oxygens (including phenoxy) is 1. The number of ketones is 2. The van der Waals surface area contributed by atoms with Crippen LogP contribution in [-0.4, -0.2) is 51.4 Å². The molecule has 0 amide bonds. The lowest BCUT2D eigenvalue weighted by molar-refractivity contribution is -0.179. The maximum atomic E-state index is 16.8. The molecule has 5 aliphatic rings. The molecule has 1 aliphatic heterocycles. The molecule has 146 valence electrons. The molecular weight excluding hydrogens is 351 g/mol. The minimum atomic E-state index is -1.91. The Balaban J connectivity index is 1.61. The third-order valence-electron chi connectivity index (χ3n) is 8.48. The third-order valence-corrected chi connectivity index (χ3v) is 8.48. The normalized spacial score (nSPS) is 55.1. The molecule has 5 rings (SSSR count). The van der Waals surface area contributed by atoms with Crippen molar-refractivity contribution in [3.63, 3.8) is 0 Å². The molecule has 5 nitrogen and oxygen atoms in total. The number of carbonyl (C=O) groups excluding carboxylic acids is 2. The molecule has 0 unspecified atom stereocenters. The molecule has 0 aromatic rings. The Morgan fingerprint density at radius 1 is 1.41 bits per heavy atom. The van der Waals surface area contributed by atoms with Crippen LogP contribution < -0.4 is 0 Å². The van der Waals surface area contributed by atoms with Crippen molar-refractivity contribution in [3.8, 4) is 0 Å². The van der Waals surface area contributed by atoms with Crippen LogP contribution >= 0.6 is 0 Å². The van der Waals surface area contributed by atoms with Gasteiger partial charge in [-0.2, -0.15) is 0 Å². The lowest BCUT2D eigenvalue weighted by atomic mass is 9.48. The Hall–Kier alpha value is -1.37. The third kappa shape index (κ3) is 1.68. The maximum Gasteiger partial charge on any atom is 0.193 e. The summed E-state index contributed by atoms with van der Waals surface area (Å²) in [5.74, 6) is -1.26. The Morgan fingerprint density at radius 3 is 2.85 bits per heavy atom. The number of Topliss-reactive ketones (excluding diaryl/α,β-unsaturated/α-hetero) is 1.